The predicted molar refractivity (Wildman–Crippen MR) is 87.1 cm³/mol. The van der Waals surface area contributed by atoms with Crippen LogP contribution in [0.15, 0.2) is 79.5 Å². The van der Waals surface area contributed by atoms with Crippen LogP contribution < -0.4 is 4.90 Å². The van der Waals surface area contributed by atoms with Gasteiger partial charge in [-0.15, -0.1) is 0 Å². The van der Waals surface area contributed by atoms with Crippen LogP contribution in [0, 0.1) is 6.92 Å². The third-order valence-corrected chi connectivity index (χ3v) is 3.47. The van der Waals surface area contributed by atoms with Gasteiger partial charge in [-0.1, -0.05) is 54.6 Å². The van der Waals surface area contributed by atoms with Crippen LogP contribution in [0.5, 0.6) is 0 Å². The first-order valence-corrected chi connectivity index (χ1v) is 6.75. The molecule has 0 radical (unpaired) electrons. The van der Waals surface area contributed by atoms with E-state index in [4.69, 9.17) is 0 Å². The van der Waals surface area contributed by atoms with Crippen molar-refractivity contribution >= 4 is 16.9 Å². The van der Waals surface area contributed by atoms with Crippen molar-refractivity contribution in [2.24, 2.45) is 0 Å². The Labute approximate surface area is 120 Å². The monoisotopic (exact) mass is 259 g/mol. The molecule has 0 unspecified atom stereocenters. The molecule has 3 rings (SSSR count). The van der Waals surface area contributed by atoms with Crippen LogP contribution in [-0.2, 0) is 0 Å². The first kappa shape index (κ1) is 12.5. The molecular weight excluding hydrogens is 242 g/mol. The molecule has 1 aliphatic heterocycles. The number of fused-ring (bicyclic) bond motifs is 1. The van der Waals surface area contributed by atoms with Crippen LogP contribution in [0.3, 0.4) is 0 Å². The molecule has 0 amide bonds. The van der Waals surface area contributed by atoms with E-state index in [0.29, 0.717) is 0 Å². The summed E-state index contributed by atoms with van der Waals surface area (Å²) < 4.78 is 0. The zero-order valence-electron chi connectivity index (χ0n) is 11.6. The van der Waals surface area contributed by atoms with Crippen LogP contribution in [0.25, 0.3) is 5.57 Å². The van der Waals surface area contributed by atoms with E-state index in [1.807, 2.05) is 18.2 Å². The quantitative estimate of drug-likeness (QED) is 0.677. The molecule has 98 valence electrons. The third-order valence-electron chi connectivity index (χ3n) is 3.47. The van der Waals surface area contributed by atoms with Crippen LogP contribution in [-0.4, -0.2) is 0 Å². The Morgan fingerprint density at radius 1 is 0.900 bits per heavy atom. The smallest absolute Gasteiger partial charge is 0.0533 e. The summed E-state index contributed by atoms with van der Waals surface area (Å²) in [7, 11) is 0. The second-order valence-corrected chi connectivity index (χ2v) is 4.95. The molecule has 0 N–H and O–H groups in total. The Morgan fingerprint density at radius 3 is 2.45 bits per heavy atom. The maximum absolute atomic E-state index is 4.15. The second-order valence-electron chi connectivity index (χ2n) is 4.95. The summed E-state index contributed by atoms with van der Waals surface area (Å²) in [5.74, 6) is 0. The number of allylic oxidation sites excluding steroid dienone is 4. The third kappa shape index (κ3) is 2.30. The zero-order chi connectivity index (χ0) is 13.9. The van der Waals surface area contributed by atoms with Crippen LogP contribution >= 0.6 is 0 Å². The average molecular weight is 259 g/mol. The molecule has 0 bridgehead atoms. The summed E-state index contributed by atoms with van der Waals surface area (Å²) in [6.07, 6.45) is 8.20. The first-order chi connectivity index (χ1) is 9.75. The van der Waals surface area contributed by atoms with Gasteiger partial charge in [-0.05, 0) is 36.8 Å². The van der Waals surface area contributed by atoms with Gasteiger partial charge in [0.1, 0.15) is 0 Å². The lowest BCUT2D eigenvalue weighted by Gasteiger charge is -2.25. The van der Waals surface area contributed by atoms with E-state index < -0.39 is 0 Å². The summed E-state index contributed by atoms with van der Waals surface area (Å²) in [4.78, 5) is 2.20. The molecule has 2 aromatic rings. The molecule has 0 atom stereocenters. The number of rotatable bonds is 1. The van der Waals surface area contributed by atoms with E-state index >= 15 is 0 Å². The lowest BCUT2D eigenvalue weighted by molar-refractivity contribution is 1.26. The lowest BCUT2D eigenvalue weighted by atomic mass is 10.0. The molecular formula is C19H17N. The summed E-state index contributed by atoms with van der Waals surface area (Å²) >= 11 is 0. The molecule has 0 aliphatic carbocycles. The maximum atomic E-state index is 4.15. The molecule has 0 saturated heterocycles. The molecule has 1 heteroatoms. The van der Waals surface area contributed by atoms with Crippen molar-refractivity contribution in [1.29, 1.82) is 0 Å². The highest BCUT2D eigenvalue weighted by Crippen LogP contribution is 2.34. The molecule has 2 aromatic carbocycles. The van der Waals surface area contributed by atoms with E-state index in [-0.39, 0.29) is 0 Å². The SMILES string of the molecule is C=C1/C=C\C=C/N(c2ccc(C)cc2)c2ccccc21. The highest BCUT2D eigenvalue weighted by atomic mass is 15.1. The van der Waals surface area contributed by atoms with Gasteiger partial charge in [0.2, 0.25) is 0 Å². The van der Waals surface area contributed by atoms with Gasteiger partial charge in [-0.25, -0.2) is 0 Å². The molecule has 20 heavy (non-hydrogen) atoms. The fourth-order valence-corrected chi connectivity index (χ4v) is 2.36. The number of benzene rings is 2. The van der Waals surface area contributed by atoms with E-state index in [9.17, 15) is 0 Å². The predicted octanol–water partition coefficient (Wildman–Crippen LogP) is 5.23. The van der Waals surface area contributed by atoms with Gasteiger partial charge in [0, 0.05) is 17.5 Å². The largest absolute Gasteiger partial charge is 0.317 e. The van der Waals surface area contributed by atoms with Crippen molar-refractivity contribution in [2.75, 3.05) is 4.90 Å². The Bertz CT molecular complexity index is 690. The van der Waals surface area contributed by atoms with Crippen molar-refractivity contribution in [1.82, 2.24) is 0 Å². The van der Waals surface area contributed by atoms with Gasteiger partial charge in [0.05, 0.1) is 5.69 Å². The van der Waals surface area contributed by atoms with E-state index in [1.54, 1.807) is 0 Å². The van der Waals surface area contributed by atoms with Crippen molar-refractivity contribution in [2.45, 2.75) is 6.92 Å². The van der Waals surface area contributed by atoms with E-state index in [1.165, 1.54) is 5.56 Å². The number of hydrogen-bond donors (Lipinski definition) is 0. The summed E-state index contributed by atoms with van der Waals surface area (Å²) in [6.45, 7) is 6.25. The van der Waals surface area contributed by atoms with Crippen LogP contribution in [0.1, 0.15) is 11.1 Å². The lowest BCUT2D eigenvalue weighted by Crippen LogP contribution is -2.11. The minimum atomic E-state index is 1.03. The van der Waals surface area contributed by atoms with Gasteiger partial charge >= 0.3 is 0 Å². The van der Waals surface area contributed by atoms with Crippen molar-refractivity contribution in [3.05, 3.63) is 90.7 Å². The van der Waals surface area contributed by atoms with E-state index in [0.717, 1.165) is 22.5 Å². The maximum Gasteiger partial charge on any atom is 0.0533 e. The Kier molecular flexibility index (Phi) is 3.26. The van der Waals surface area contributed by atoms with Gasteiger partial charge in [-0.3, -0.25) is 0 Å². The molecule has 0 saturated carbocycles. The summed E-state index contributed by atoms with van der Waals surface area (Å²) in [5.41, 5.74) is 5.77. The van der Waals surface area contributed by atoms with Crippen LogP contribution in [0.4, 0.5) is 11.4 Å². The Morgan fingerprint density at radius 2 is 1.65 bits per heavy atom. The van der Waals surface area contributed by atoms with Crippen LogP contribution in [0.2, 0.25) is 0 Å². The van der Waals surface area contributed by atoms with Gasteiger partial charge < -0.3 is 4.90 Å². The average Bonchev–Trinajstić information content (AvgIpc) is 2.47. The summed E-state index contributed by atoms with van der Waals surface area (Å²) in [6, 6.07) is 16.9. The molecule has 0 aromatic heterocycles. The number of para-hydroxylation sites is 1. The van der Waals surface area contributed by atoms with Gasteiger partial charge in [-0.2, -0.15) is 0 Å². The number of hydrogen-bond acceptors (Lipinski definition) is 1. The number of anilines is 2. The number of aryl methyl sites for hydroxylation is 1. The molecule has 1 aliphatic rings. The summed E-state index contributed by atoms with van der Waals surface area (Å²) in [5, 5.41) is 0. The van der Waals surface area contributed by atoms with Crippen molar-refractivity contribution in [3.63, 3.8) is 0 Å². The molecule has 1 heterocycles. The molecule has 0 spiro atoms. The Hall–Kier alpha value is -2.54. The molecule has 1 nitrogen and oxygen atoms in total. The fraction of sp³-hybridized carbons (Fsp3) is 0.0526. The normalized spacial score (nSPS) is 17.1. The molecule has 0 fully saturated rings. The first-order valence-electron chi connectivity index (χ1n) is 6.75. The highest BCUT2D eigenvalue weighted by molar-refractivity contribution is 5.85. The topological polar surface area (TPSA) is 3.24 Å². The minimum Gasteiger partial charge on any atom is -0.317 e. The highest BCUT2D eigenvalue weighted by Gasteiger charge is 2.12. The number of nitrogens with zero attached hydrogens (tertiary/aromatic N) is 1. The van der Waals surface area contributed by atoms with Gasteiger partial charge in [0.25, 0.3) is 0 Å². The second kappa shape index (κ2) is 5.22. The minimum absolute atomic E-state index is 1.03. The Balaban J connectivity index is 2.16. The fourth-order valence-electron chi connectivity index (χ4n) is 2.36. The van der Waals surface area contributed by atoms with E-state index in [2.05, 4.69) is 73.1 Å². The van der Waals surface area contributed by atoms with Crippen molar-refractivity contribution in [3.8, 4) is 0 Å². The standard InChI is InChI=1S/C19H17N/c1-15-10-12-17(13-11-15)20-14-6-5-7-16(2)18-8-3-4-9-19(18)20/h3-14H,2H2,1H3/b7-5-,14-6-. The van der Waals surface area contributed by atoms with Crippen molar-refractivity contribution < 1.29 is 0 Å². The van der Waals surface area contributed by atoms with Gasteiger partial charge in [0.15, 0.2) is 0 Å². The zero-order valence-corrected chi connectivity index (χ0v) is 11.6.